The molecular formula is C16H25ClN2. The summed E-state index contributed by atoms with van der Waals surface area (Å²) in [5.74, 6) is 1.70. The Morgan fingerprint density at radius 2 is 2.00 bits per heavy atom. The molecule has 1 aromatic heterocycles. The van der Waals surface area contributed by atoms with E-state index >= 15 is 0 Å². The molecule has 1 aromatic rings. The average molecular weight is 281 g/mol. The highest BCUT2D eigenvalue weighted by Gasteiger charge is 2.35. The number of aromatic nitrogens is 1. The highest BCUT2D eigenvalue weighted by atomic mass is 35.5. The molecule has 0 aliphatic carbocycles. The van der Waals surface area contributed by atoms with Gasteiger partial charge in [0.1, 0.15) is 5.82 Å². The van der Waals surface area contributed by atoms with Gasteiger partial charge in [-0.15, -0.1) is 11.6 Å². The van der Waals surface area contributed by atoms with E-state index < -0.39 is 0 Å². The molecule has 1 aliphatic rings. The van der Waals surface area contributed by atoms with Crippen LogP contribution in [0.3, 0.4) is 0 Å². The third-order valence-corrected chi connectivity index (χ3v) is 5.01. The van der Waals surface area contributed by atoms with Crippen LogP contribution in [-0.4, -0.2) is 18.1 Å². The molecule has 0 aromatic carbocycles. The van der Waals surface area contributed by atoms with Gasteiger partial charge in [0.15, 0.2) is 0 Å². The minimum absolute atomic E-state index is 0.491. The maximum atomic E-state index is 6.00. The number of alkyl halides is 1. The Hall–Kier alpha value is -0.760. The standard InChI is InChI=1S/C16H25ClN2/c1-4-14-9-13(11-17)10-15(18-14)19-8-7-16(5-2,6-3)12-19/h9-10H,4-8,11-12H2,1-3H3. The third-order valence-electron chi connectivity index (χ3n) is 4.70. The zero-order valence-corrected chi connectivity index (χ0v) is 13.1. The van der Waals surface area contributed by atoms with Crippen LogP contribution in [0.5, 0.6) is 0 Å². The number of nitrogens with zero attached hydrogens (tertiary/aromatic N) is 2. The van der Waals surface area contributed by atoms with Gasteiger partial charge in [0.05, 0.1) is 0 Å². The van der Waals surface area contributed by atoms with Crippen LogP contribution in [0.25, 0.3) is 0 Å². The summed E-state index contributed by atoms with van der Waals surface area (Å²) in [4.78, 5) is 7.23. The maximum absolute atomic E-state index is 6.00. The van der Waals surface area contributed by atoms with E-state index in [4.69, 9.17) is 16.6 Å². The van der Waals surface area contributed by atoms with Crippen LogP contribution >= 0.6 is 11.6 Å². The van der Waals surface area contributed by atoms with Gasteiger partial charge in [-0.1, -0.05) is 20.8 Å². The lowest BCUT2D eigenvalue weighted by Gasteiger charge is -2.27. The Balaban J connectivity index is 2.23. The molecule has 2 heterocycles. The van der Waals surface area contributed by atoms with Crippen molar-refractivity contribution < 1.29 is 0 Å². The first kappa shape index (κ1) is 14.6. The summed E-state index contributed by atoms with van der Waals surface area (Å²) >= 11 is 6.00. The van der Waals surface area contributed by atoms with Gasteiger partial charge in [-0.25, -0.2) is 4.98 Å². The number of anilines is 1. The summed E-state index contributed by atoms with van der Waals surface area (Å²) in [6, 6.07) is 4.28. The van der Waals surface area contributed by atoms with E-state index in [-0.39, 0.29) is 0 Å². The Morgan fingerprint density at radius 3 is 2.53 bits per heavy atom. The van der Waals surface area contributed by atoms with Crippen LogP contribution in [0.2, 0.25) is 0 Å². The number of aryl methyl sites for hydroxylation is 1. The van der Waals surface area contributed by atoms with E-state index in [1.807, 2.05) is 0 Å². The van der Waals surface area contributed by atoms with E-state index in [1.165, 1.54) is 24.8 Å². The van der Waals surface area contributed by atoms with E-state index in [9.17, 15) is 0 Å². The van der Waals surface area contributed by atoms with Gasteiger partial charge in [0, 0.05) is 24.7 Å². The molecule has 0 spiro atoms. The molecule has 1 fully saturated rings. The quantitative estimate of drug-likeness (QED) is 0.743. The minimum Gasteiger partial charge on any atom is -0.356 e. The number of pyridine rings is 1. The van der Waals surface area contributed by atoms with Gasteiger partial charge in [0.25, 0.3) is 0 Å². The normalized spacial score (nSPS) is 18.0. The molecular weight excluding hydrogens is 256 g/mol. The largest absolute Gasteiger partial charge is 0.356 e. The van der Waals surface area contributed by atoms with Gasteiger partial charge in [-0.05, 0) is 48.8 Å². The van der Waals surface area contributed by atoms with Crippen molar-refractivity contribution in [3.8, 4) is 0 Å². The fourth-order valence-electron chi connectivity index (χ4n) is 3.01. The second-order valence-electron chi connectivity index (χ2n) is 5.69. The van der Waals surface area contributed by atoms with Crippen LogP contribution in [0.1, 0.15) is 51.3 Å². The first-order valence-corrected chi connectivity index (χ1v) is 8.00. The molecule has 0 saturated carbocycles. The van der Waals surface area contributed by atoms with Crippen molar-refractivity contribution in [2.45, 2.75) is 52.3 Å². The van der Waals surface area contributed by atoms with E-state index in [1.54, 1.807) is 0 Å². The van der Waals surface area contributed by atoms with Crippen molar-refractivity contribution in [3.05, 3.63) is 23.4 Å². The predicted molar refractivity (Wildman–Crippen MR) is 83.0 cm³/mol. The van der Waals surface area contributed by atoms with Crippen molar-refractivity contribution in [3.63, 3.8) is 0 Å². The van der Waals surface area contributed by atoms with E-state index in [0.29, 0.717) is 11.3 Å². The Morgan fingerprint density at radius 1 is 1.26 bits per heavy atom. The van der Waals surface area contributed by atoms with Crippen molar-refractivity contribution in [2.24, 2.45) is 5.41 Å². The number of hydrogen-bond donors (Lipinski definition) is 0. The number of halogens is 1. The van der Waals surface area contributed by atoms with Crippen molar-refractivity contribution in [2.75, 3.05) is 18.0 Å². The van der Waals surface area contributed by atoms with Gasteiger partial charge in [-0.2, -0.15) is 0 Å². The smallest absolute Gasteiger partial charge is 0.129 e. The molecule has 0 atom stereocenters. The zero-order valence-electron chi connectivity index (χ0n) is 12.4. The number of hydrogen-bond acceptors (Lipinski definition) is 2. The molecule has 1 aliphatic heterocycles. The minimum atomic E-state index is 0.491. The topological polar surface area (TPSA) is 16.1 Å². The highest BCUT2D eigenvalue weighted by molar-refractivity contribution is 6.17. The van der Waals surface area contributed by atoms with Gasteiger partial charge >= 0.3 is 0 Å². The summed E-state index contributed by atoms with van der Waals surface area (Å²) in [5, 5.41) is 0. The second kappa shape index (κ2) is 6.13. The lowest BCUT2D eigenvalue weighted by molar-refractivity contribution is 0.301. The molecule has 0 unspecified atom stereocenters. The molecule has 2 nitrogen and oxygen atoms in total. The van der Waals surface area contributed by atoms with Gasteiger partial charge < -0.3 is 4.90 Å². The van der Waals surface area contributed by atoms with Crippen LogP contribution in [0.15, 0.2) is 12.1 Å². The van der Waals surface area contributed by atoms with Gasteiger partial charge in [-0.3, -0.25) is 0 Å². The van der Waals surface area contributed by atoms with Crippen molar-refractivity contribution >= 4 is 17.4 Å². The second-order valence-corrected chi connectivity index (χ2v) is 5.96. The molecule has 0 amide bonds. The lowest BCUT2D eigenvalue weighted by atomic mass is 9.82. The zero-order chi connectivity index (χ0) is 13.9. The summed E-state index contributed by atoms with van der Waals surface area (Å²) in [7, 11) is 0. The van der Waals surface area contributed by atoms with Crippen LogP contribution in [0.4, 0.5) is 5.82 Å². The molecule has 106 valence electrons. The summed E-state index contributed by atoms with van der Waals surface area (Å²) in [5.41, 5.74) is 2.83. The SMILES string of the molecule is CCc1cc(CCl)cc(N2CCC(CC)(CC)C2)n1. The van der Waals surface area contributed by atoms with E-state index in [0.717, 1.165) is 31.0 Å². The molecule has 19 heavy (non-hydrogen) atoms. The molecule has 0 bridgehead atoms. The van der Waals surface area contributed by atoms with Gasteiger partial charge in [0.2, 0.25) is 0 Å². The molecule has 1 saturated heterocycles. The maximum Gasteiger partial charge on any atom is 0.129 e. The summed E-state index contributed by atoms with van der Waals surface area (Å²) in [6.07, 6.45) is 4.78. The first-order chi connectivity index (χ1) is 9.16. The lowest BCUT2D eigenvalue weighted by Crippen LogP contribution is -2.27. The van der Waals surface area contributed by atoms with Crippen LogP contribution in [0, 0.1) is 5.41 Å². The third kappa shape index (κ3) is 3.05. The Labute approximate surface area is 122 Å². The van der Waals surface area contributed by atoms with Crippen LogP contribution in [-0.2, 0) is 12.3 Å². The Kier molecular flexibility index (Phi) is 4.72. The highest BCUT2D eigenvalue weighted by Crippen LogP contribution is 2.38. The monoisotopic (exact) mass is 280 g/mol. The first-order valence-electron chi connectivity index (χ1n) is 7.47. The average Bonchev–Trinajstić information content (AvgIpc) is 2.92. The van der Waals surface area contributed by atoms with Crippen molar-refractivity contribution in [1.82, 2.24) is 4.98 Å². The number of rotatable bonds is 5. The summed E-state index contributed by atoms with van der Waals surface area (Å²) < 4.78 is 0. The molecule has 0 radical (unpaired) electrons. The molecule has 2 rings (SSSR count). The predicted octanol–water partition coefficient (Wildman–Crippen LogP) is 4.40. The molecule has 3 heteroatoms. The Bertz CT molecular complexity index is 405. The van der Waals surface area contributed by atoms with Crippen molar-refractivity contribution in [1.29, 1.82) is 0 Å². The fraction of sp³-hybridized carbons (Fsp3) is 0.688. The molecule has 0 N–H and O–H groups in total. The fourth-order valence-corrected chi connectivity index (χ4v) is 3.17. The van der Waals surface area contributed by atoms with E-state index in [2.05, 4.69) is 37.8 Å². The van der Waals surface area contributed by atoms with Crippen LogP contribution < -0.4 is 4.90 Å². The summed E-state index contributed by atoms with van der Waals surface area (Å²) in [6.45, 7) is 9.04.